The van der Waals surface area contributed by atoms with E-state index in [1.54, 1.807) is 12.4 Å². The van der Waals surface area contributed by atoms with E-state index in [0.29, 0.717) is 55.4 Å². The summed E-state index contributed by atoms with van der Waals surface area (Å²) in [5.41, 5.74) is 1.30. The predicted molar refractivity (Wildman–Crippen MR) is 144 cm³/mol. The molecular formula is C25H42N6O4Si. The van der Waals surface area contributed by atoms with Crippen molar-refractivity contribution in [2.75, 3.05) is 31.6 Å². The fourth-order valence-corrected chi connectivity index (χ4v) is 5.64. The lowest BCUT2D eigenvalue weighted by Crippen LogP contribution is -2.52. The van der Waals surface area contributed by atoms with Crippen LogP contribution in [0.2, 0.25) is 25.7 Å². The highest BCUT2D eigenvalue weighted by atomic mass is 28.3. The van der Waals surface area contributed by atoms with Crippen LogP contribution in [0.5, 0.6) is 0 Å². The molecule has 3 heterocycles. The van der Waals surface area contributed by atoms with E-state index in [4.69, 9.17) is 9.72 Å². The Morgan fingerprint density at radius 3 is 2.58 bits per heavy atom. The van der Waals surface area contributed by atoms with Crippen molar-refractivity contribution in [1.29, 1.82) is 0 Å². The SMILES string of the molecule is CCNC(=O)c1cn(COCC[Si](C)(C)C)c2ncc(N(C)C3CCN(C(=O)O)C3C(C)(C)C)nc12. The van der Waals surface area contributed by atoms with Crippen LogP contribution in [0.1, 0.15) is 44.5 Å². The summed E-state index contributed by atoms with van der Waals surface area (Å²) in [6, 6.07) is 0.789. The highest BCUT2D eigenvalue weighted by molar-refractivity contribution is 6.76. The quantitative estimate of drug-likeness (QED) is 0.380. The van der Waals surface area contributed by atoms with Crippen LogP contribution in [-0.2, 0) is 11.5 Å². The van der Waals surface area contributed by atoms with Gasteiger partial charge in [-0.15, -0.1) is 0 Å². The summed E-state index contributed by atoms with van der Waals surface area (Å²) in [5, 5.41) is 12.6. The standard InChI is InChI=1S/C25H42N6O4Si/c1-9-26-23(32)17-15-30(16-35-12-13-36(6,7)8)22-20(17)28-19(14-27-22)29(5)18-10-11-31(24(33)34)21(18)25(2,3)4/h14-15,18,21H,9-13,16H2,1-8H3,(H,26,32)(H,33,34). The molecule has 0 saturated carbocycles. The van der Waals surface area contributed by atoms with Gasteiger partial charge in [-0.1, -0.05) is 40.4 Å². The van der Waals surface area contributed by atoms with E-state index in [-0.39, 0.29) is 23.4 Å². The first-order valence-corrected chi connectivity index (χ1v) is 16.4. The Morgan fingerprint density at radius 2 is 2.00 bits per heavy atom. The van der Waals surface area contributed by atoms with Crippen molar-refractivity contribution in [3.05, 3.63) is 18.0 Å². The third-order valence-corrected chi connectivity index (χ3v) is 8.42. The molecule has 1 aliphatic heterocycles. The predicted octanol–water partition coefficient (Wildman–Crippen LogP) is 4.10. The van der Waals surface area contributed by atoms with Gasteiger partial charge in [0, 0.05) is 41.0 Å². The second kappa shape index (κ2) is 10.8. The van der Waals surface area contributed by atoms with Crippen LogP contribution in [0.3, 0.4) is 0 Å². The number of hydrogen-bond acceptors (Lipinski definition) is 6. The lowest BCUT2D eigenvalue weighted by Gasteiger charge is -2.40. The van der Waals surface area contributed by atoms with Crippen LogP contribution in [0, 0.1) is 5.41 Å². The van der Waals surface area contributed by atoms with E-state index in [1.807, 2.05) is 23.4 Å². The zero-order valence-electron chi connectivity index (χ0n) is 23.0. The minimum Gasteiger partial charge on any atom is -0.465 e. The van der Waals surface area contributed by atoms with Crippen molar-refractivity contribution in [1.82, 2.24) is 24.8 Å². The second-order valence-corrected chi connectivity index (χ2v) is 17.5. The van der Waals surface area contributed by atoms with Crippen LogP contribution in [-0.4, -0.2) is 83.4 Å². The number of rotatable bonds is 9. The molecule has 36 heavy (non-hydrogen) atoms. The number of carboxylic acid groups (broad SMARTS) is 1. The van der Waals surface area contributed by atoms with E-state index < -0.39 is 14.2 Å². The number of carbonyl (C=O) groups excluding carboxylic acids is 1. The van der Waals surface area contributed by atoms with Crippen LogP contribution in [0.25, 0.3) is 11.2 Å². The number of nitrogens with one attached hydrogen (secondary N) is 1. The molecule has 2 aromatic heterocycles. The first kappa shape index (κ1) is 27.9. The maximum Gasteiger partial charge on any atom is 0.407 e. The molecule has 2 aromatic rings. The van der Waals surface area contributed by atoms with Gasteiger partial charge in [0.2, 0.25) is 0 Å². The normalized spacial score (nSPS) is 18.6. The number of ether oxygens (including phenoxy) is 1. The summed E-state index contributed by atoms with van der Waals surface area (Å²) in [6.45, 7) is 16.9. The van der Waals surface area contributed by atoms with Gasteiger partial charge in [0.1, 0.15) is 18.1 Å². The Labute approximate surface area is 215 Å². The van der Waals surface area contributed by atoms with E-state index in [2.05, 4.69) is 50.7 Å². The monoisotopic (exact) mass is 518 g/mol. The number of amides is 2. The molecule has 200 valence electrons. The Kier molecular flexibility index (Phi) is 8.34. The number of aromatic nitrogens is 3. The van der Waals surface area contributed by atoms with Crippen molar-refractivity contribution in [2.24, 2.45) is 5.41 Å². The summed E-state index contributed by atoms with van der Waals surface area (Å²) in [7, 11) is 0.714. The third-order valence-electron chi connectivity index (χ3n) is 6.72. The highest BCUT2D eigenvalue weighted by Gasteiger charge is 2.46. The minimum absolute atomic E-state index is 0.0623. The molecule has 0 aliphatic carbocycles. The van der Waals surface area contributed by atoms with Crippen molar-refractivity contribution in [3.63, 3.8) is 0 Å². The minimum atomic E-state index is -1.21. The Bertz CT molecular complexity index is 1090. The van der Waals surface area contributed by atoms with Gasteiger partial charge < -0.3 is 29.5 Å². The van der Waals surface area contributed by atoms with Crippen LogP contribution in [0.15, 0.2) is 12.4 Å². The molecule has 0 radical (unpaired) electrons. The van der Waals surface area contributed by atoms with E-state index in [1.165, 1.54) is 4.90 Å². The van der Waals surface area contributed by atoms with Gasteiger partial charge in [-0.05, 0) is 24.8 Å². The molecule has 3 rings (SSSR count). The van der Waals surface area contributed by atoms with Crippen molar-refractivity contribution >= 4 is 37.1 Å². The summed E-state index contributed by atoms with van der Waals surface area (Å²) in [4.78, 5) is 37.9. The lowest BCUT2D eigenvalue weighted by molar-refractivity contribution is 0.0892. The van der Waals surface area contributed by atoms with Gasteiger partial charge in [-0.25, -0.2) is 14.8 Å². The maximum atomic E-state index is 12.9. The fraction of sp³-hybridized carbons (Fsp3) is 0.680. The average molecular weight is 519 g/mol. The molecule has 2 amide bonds. The Morgan fingerprint density at radius 1 is 1.31 bits per heavy atom. The number of nitrogens with zero attached hydrogens (tertiary/aromatic N) is 5. The first-order valence-electron chi connectivity index (χ1n) is 12.7. The van der Waals surface area contributed by atoms with Crippen molar-refractivity contribution in [2.45, 2.75) is 78.6 Å². The first-order chi connectivity index (χ1) is 16.7. The summed E-state index contributed by atoms with van der Waals surface area (Å²) in [6.07, 6.45) is 3.25. The number of hydrogen-bond donors (Lipinski definition) is 2. The molecule has 0 aromatic carbocycles. The largest absolute Gasteiger partial charge is 0.465 e. The second-order valence-electron chi connectivity index (χ2n) is 11.9. The third kappa shape index (κ3) is 6.18. The number of fused-ring (bicyclic) bond motifs is 1. The van der Waals surface area contributed by atoms with E-state index in [0.717, 1.165) is 6.04 Å². The number of carbonyl (C=O) groups is 2. The molecule has 1 saturated heterocycles. The lowest BCUT2D eigenvalue weighted by atomic mass is 9.82. The number of likely N-dealkylation sites (tertiary alicyclic amines) is 1. The van der Waals surface area contributed by atoms with Crippen LogP contribution in [0.4, 0.5) is 10.6 Å². The number of anilines is 1. The fourth-order valence-electron chi connectivity index (χ4n) is 4.88. The smallest absolute Gasteiger partial charge is 0.407 e. The summed E-state index contributed by atoms with van der Waals surface area (Å²) in [5.74, 6) is 0.403. The Balaban J connectivity index is 1.94. The van der Waals surface area contributed by atoms with E-state index >= 15 is 0 Å². The molecule has 2 N–H and O–H groups in total. The zero-order valence-corrected chi connectivity index (χ0v) is 24.0. The zero-order chi connectivity index (χ0) is 26.8. The molecule has 2 unspecified atom stereocenters. The summed E-state index contributed by atoms with van der Waals surface area (Å²) < 4.78 is 7.76. The van der Waals surface area contributed by atoms with Gasteiger partial charge in [0.05, 0.1) is 23.8 Å². The molecule has 0 spiro atoms. The van der Waals surface area contributed by atoms with Crippen molar-refractivity contribution in [3.8, 4) is 0 Å². The van der Waals surface area contributed by atoms with Crippen molar-refractivity contribution < 1.29 is 19.4 Å². The van der Waals surface area contributed by atoms with E-state index in [9.17, 15) is 14.7 Å². The summed E-state index contributed by atoms with van der Waals surface area (Å²) >= 11 is 0. The van der Waals surface area contributed by atoms with Crippen LogP contribution < -0.4 is 10.2 Å². The van der Waals surface area contributed by atoms with Gasteiger partial charge in [0.15, 0.2) is 5.65 Å². The topological polar surface area (TPSA) is 113 Å². The van der Waals surface area contributed by atoms with Gasteiger partial charge in [0.25, 0.3) is 5.91 Å². The van der Waals surface area contributed by atoms with Crippen LogP contribution >= 0.6 is 0 Å². The number of likely N-dealkylation sites (N-methyl/N-ethyl adjacent to an activating group) is 1. The highest BCUT2D eigenvalue weighted by Crippen LogP contribution is 2.37. The molecular weight excluding hydrogens is 476 g/mol. The van der Waals surface area contributed by atoms with Gasteiger partial charge >= 0.3 is 6.09 Å². The molecule has 10 nitrogen and oxygen atoms in total. The molecule has 1 aliphatic rings. The molecule has 2 atom stereocenters. The van der Waals surface area contributed by atoms with Gasteiger partial charge in [-0.2, -0.15) is 0 Å². The molecule has 11 heteroatoms. The average Bonchev–Trinajstić information content (AvgIpc) is 3.38. The van der Waals surface area contributed by atoms with Gasteiger partial charge in [-0.3, -0.25) is 4.79 Å². The Hall–Kier alpha value is -2.66. The maximum absolute atomic E-state index is 12.9. The molecule has 0 bridgehead atoms. The molecule has 1 fully saturated rings.